The molecule has 9 nitrogen and oxygen atoms in total. The van der Waals surface area contributed by atoms with E-state index in [1.807, 2.05) is 20.8 Å². The van der Waals surface area contributed by atoms with Crippen LogP contribution < -0.4 is 10.6 Å². The molecule has 12 heteroatoms. The zero-order valence-corrected chi connectivity index (χ0v) is 21.2. The molecule has 0 saturated carbocycles. The lowest BCUT2D eigenvalue weighted by atomic mass is 10.0. The Bertz CT molecular complexity index is 1040. The third-order valence-corrected chi connectivity index (χ3v) is 8.48. The molecule has 0 radical (unpaired) electrons. The summed E-state index contributed by atoms with van der Waals surface area (Å²) < 4.78 is 27.6. The highest BCUT2D eigenvalue weighted by Crippen LogP contribution is 2.25. The van der Waals surface area contributed by atoms with Gasteiger partial charge in [0.05, 0.1) is 4.90 Å². The number of sulfonamides is 1. The van der Waals surface area contributed by atoms with Crippen molar-refractivity contribution in [3.8, 4) is 0 Å². The van der Waals surface area contributed by atoms with Crippen molar-refractivity contribution >= 4 is 50.1 Å². The van der Waals surface area contributed by atoms with Crippen LogP contribution in [0.15, 0.2) is 33.5 Å². The number of nitrogens with zero attached hydrogens (tertiary/aromatic N) is 3. The molecule has 32 heavy (non-hydrogen) atoms. The Morgan fingerprint density at radius 3 is 2.44 bits per heavy atom. The lowest BCUT2D eigenvalue weighted by Gasteiger charge is -2.21. The second-order valence-corrected chi connectivity index (χ2v) is 11.5. The van der Waals surface area contributed by atoms with E-state index < -0.39 is 27.9 Å². The number of nitrogens with one attached hydrogen (secondary N) is 2. The van der Waals surface area contributed by atoms with Crippen molar-refractivity contribution < 1.29 is 18.0 Å². The Kier molecular flexibility index (Phi) is 9.62. The van der Waals surface area contributed by atoms with Gasteiger partial charge in [-0.1, -0.05) is 63.8 Å². The molecule has 0 aliphatic carbocycles. The van der Waals surface area contributed by atoms with E-state index in [-0.39, 0.29) is 16.4 Å². The molecule has 1 aromatic carbocycles. The smallest absolute Gasteiger partial charge is 0.251 e. The van der Waals surface area contributed by atoms with Gasteiger partial charge in [0.2, 0.25) is 21.1 Å². The minimum Gasteiger partial charge on any atom is -0.340 e. The maximum Gasteiger partial charge on any atom is 0.251 e. The molecule has 0 spiro atoms. The van der Waals surface area contributed by atoms with Crippen molar-refractivity contribution in [2.75, 3.05) is 24.2 Å². The predicted molar refractivity (Wildman–Crippen MR) is 128 cm³/mol. The van der Waals surface area contributed by atoms with E-state index in [4.69, 9.17) is 0 Å². The van der Waals surface area contributed by atoms with Gasteiger partial charge in [-0.05, 0) is 29.9 Å². The molecule has 2 N–H and O–H groups in total. The van der Waals surface area contributed by atoms with Gasteiger partial charge in [0.25, 0.3) is 5.91 Å². The number of carbonyl (C=O) groups is 2. The van der Waals surface area contributed by atoms with Crippen LogP contribution in [-0.4, -0.2) is 59.6 Å². The van der Waals surface area contributed by atoms with Crippen molar-refractivity contribution in [3.05, 3.63) is 29.8 Å². The maximum absolute atomic E-state index is 12.9. The van der Waals surface area contributed by atoms with Crippen LogP contribution in [-0.2, 0) is 14.8 Å². The molecule has 2 amide bonds. The fraction of sp³-hybridized carbons (Fsp3) is 0.500. The molecule has 0 bridgehead atoms. The third-order valence-electron chi connectivity index (χ3n) is 4.58. The minimum absolute atomic E-state index is 0.0363. The average Bonchev–Trinajstić information content (AvgIpc) is 3.19. The molecule has 0 unspecified atom stereocenters. The van der Waals surface area contributed by atoms with E-state index in [0.29, 0.717) is 18.2 Å². The molecule has 176 valence electrons. The molecular formula is C20H29N5O4S3. The summed E-state index contributed by atoms with van der Waals surface area (Å²) in [4.78, 5) is 25.7. The largest absolute Gasteiger partial charge is 0.340 e. The monoisotopic (exact) mass is 499 g/mol. The maximum atomic E-state index is 12.9. The second kappa shape index (κ2) is 11.7. The molecule has 0 fully saturated rings. The summed E-state index contributed by atoms with van der Waals surface area (Å²) >= 11 is 2.79. The lowest BCUT2D eigenvalue weighted by Crippen LogP contribution is -2.47. The van der Waals surface area contributed by atoms with E-state index in [0.717, 1.165) is 10.1 Å². The summed E-state index contributed by atoms with van der Waals surface area (Å²) in [5, 5.41) is 13.7. The first kappa shape index (κ1) is 26.2. The second-order valence-electron chi connectivity index (χ2n) is 7.11. The van der Waals surface area contributed by atoms with Gasteiger partial charge in [0.1, 0.15) is 6.04 Å². The molecular weight excluding hydrogens is 470 g/mol. The molecule has 1 aromatic heterocycles. The SMILES string of the molecule is CCSc1nnc(NC(=O)[C@H](NC(=O)c2cccc(S(=O)(=O)N(CC)CC)c2)C(C)C)s1. The van der Waals surface area contributed by atoms with Crippen LogP contribution in [0.25, 0.3) is 0 Å². The quantitative estimate of drug-likeness (QED) is 0.360. The number of benzene rings is 1. The van der Waals surface area contributed by atoms with Gasteiger partial charge in [0, 0.05) is 18.7 Å². The normalized spacial score (nSPS) is 12.7. The molecule has 0 saturated heterocycles. The number of hydrogen-bond acceptors (Lipinski definition) is 8. The molecule has 1 atom stereocenters. The zero-order valence-electron chi connectivity index (χ0n) is 18.8. The molecule has 0 aliphatic rings. The summed E-state index contributed by atoms with van der Waals surface area (Å²) in [5.74, 6) is -0.311. The van der Waals surface area contributed by atoms with Crippen LogP contribution in [0.4, 0.5) is 5.13 Å². The molecule has 0 aliphatic heterocycles. The minimum atomic E-state index is -3.70. The van der Waals surface area contributed by atoms with Gasteiger partial charge < -0.3 is 5.32 Å². The van der Waals surface area contributed by atoms with E-state index >= 15 is 0 Å². The van der Waals surface area contributed by atoms with E-state index in [2.05, 4.69) is 20.8 Å². The number of thioether (sulfide) groups is 1. The van der Waals surface area contributed by atoms with Crippen LogP contribution >= 0.6 is 23.1 Å². The van der Waals surface area contributed by atoms with Gasteiger partial charge in [-0.15, -0.1) is 10.2 Å². The van der Waals surface area contributed by atoms with Crippen molar-refractivity contribution in [1.29, 1.82) is 0 Å². The Morgan fingerprint density at radius 1 is 1.16 bits per heavy atom. The van der Waals surface area contributed by atoms with Gasteiger partial charge in [-0.3, -0.25) is 14.9 Å². The standard InChI is InChI=1S/C20H29N5O4S3/c1-6-25(7-2)32(28,29)15-11-9-10-14(12-15)17(26)21-16(13(4)5)18(27)22-19-23-24-20(31-19)30-8-3/h9-13,16H,6-8H2,1-5H3,(H,21,26)(H,22,23,27)/t16-/m1/s1. The molecule has 1 heterocycles. The van der Waals surface area contributed by atoms with Crippen molar-refractivity contribution in [2.24, 2.45) is 5.92 Å². The van der Waals surface area contributed by atoms with Crippen molar-refractivity contribution in [1.82, 2.24) is 19.8 Å². The Labute approximate surface area is 197 Å². The summed E-state index contributed by atoms with van der Waals surface area (Å²) in [6.45, 7) is 9.78. The van der Waals surface area contributed by atoms with Crippen molar-refractivity contribution in [3.63, 3.8) is 0 Å². The van der Waals surface area contributed by atoms with Crippen molar-refractivity contribution in [2.45, 2.75) is 49.9 Å². The van der Waals surface area contributed by atoms with Crippen LogP contribution in [0.1, 0.15) is 45.0 Å². The highest BCUT2D eigenvalue weighted by atomic mass is 32.2. The first-order chi connectivity index (χ1) is 15.1. The van der Waals surface area contributed by atoms with Crippen LogP contribution in [0, 0.1) is 5.92 Å². The summed E-state index contributed by atoms with van der Waals surface area (Å²) in [6.07, 6.45) is 0. The summed E-state index contributed by atoms with van der Waals surface area (Å²) in [6, 6.07) is 4.99. The van der Waals surface area contributed by atoms with Gasteiger partial charge in [-0.2, -0.15) is 4.31 Å². The van der Waals surface area contributed by atoms with Gasteiger partial charge in [0.15, 0.2) is 4.34 Å². The Balaban J connectivity index is 2.18. The third kappa shape index (κ3) is 6.50. The number of rotatable bonds is 11. The Hall–Kier alpha value is -2.02. The fourth-order valence-corrected chi connectivity index (χ4v) is 6.05. The summed E-state index contributed by atoms with van der Waals surface area (Å²) in [5.41, 5.74) is 0.161. The first-order valence-electron chi connectivity index (χ1n) is 10.3. The number of anilines is 1. The molecule has 2 aromatic rings. The van der Waals surface area contributed by atoms with Crippen LogP contribution in [0.5, 0.6) is 0 Å². The first-order valence-corrected chi connectivity index (χ1v) is 13.6. The van der Waals surface area contributed by atoms with Gasteiger partial charge >= 0.3 is 0 Å². The Morgan fingerprint density at radius 2 is 1.84 bits per heavy atom. The van der Waals surface area contributed by atoms with E-state index in [9.17, 15) is 18.0 Å². The highest BCUT2D eigenvalue weighted by Gasteiger charge is 2.27. The topological polar surface area (TPSA) is 121 Å². The number of carbonyl (C=O) groups excluding carboxylic acids is 2. The average molecular weight is 500 g/mol. The lowest BCUT2D eigenvalue weighted by molar-refractivity contribution is -0.118. The number of hydrogen-bond donors (Lipinski definition) is 2. The van der Waals surface area contributed by atoms with Gasteiger partial charge in [-0.25, -0.2) is 8.42 Å². The predicted octanol–water partition coefficient (Wildman–Crippen LogP) is 3.07. The van der Waals surface area contributed by atoms with E-state index in [1.165, 1.54) is 51.7 Å². The summed E-state index contributed by atoms with van der Waals surface area (Å²) in [7, 11) is -3.70. The zero-order chi connectivity index (χ0) is 23.9. The fourth-order valence-electron chi connectivity index (χ4n) is 2.90. The molecule has 2 rings (SSSR count). The van der Waals surface area contributed by atoms with Crippen LogP contribution in [0.2, 0.25) is 0 Å². The van der Waals surface area contributed by atoms with E-state index in [1.54, 1.807) is 13.8 Å². The van der Waals surface area contributed by atoms with Crippen LogP contribution in [0.3, 0.4) is 0 Å². The number of aromatic nitrogens is 2. The highest BCUT2D eigenvalue weighted by molar-refractivity contribution is 8.01. The number of amides is 2.